The molecule has 0 saturated carbocycles. The first-order valence-electron chi connectivity index (χ1n) is 5.71. The van der Waals surface area contributed by atoms with Gasteiger partial charge in [-0.05, 0) is 27.6 Å². The van der Waals surface area contributed by atoms with Gasteiger partial charge in [0.15, 0.2) is 0 Å². The molecule has 1 aromatic heterocycles. The van der Waals surface area contributed by atoms with E-state index >= 15 is 0 Å². The molecule has 2 rings (SSSR count). The molecule has 7 nitrogen and oxygen atoms in total. The van der Waals surface area contributed by atoms with Crippen LogP contribution < -0.4 is 4.72 Å². The van der Waals surface area contributed by atoms with Crippen molar-refractivity contribution in [3.8, 4) is 0 Å². The van der Waals surface area contributed by atoms with E-state index in [1.165, 1.54) is 42.7 Å². The maximum atomic E-state index is 12.1. The van der Waals surface area contributed by atoms with E-state index in [1.807, 2.05) is 0 Å². The van der Waals surface area contributed by atoms with Crippen molar-refractivity contribution < 1.29 is 13.3 Å². The number of pyridine rings is 1. The molecule has 110 valence electrons. The number of halogens is 1. The minimum atomic E-state index is -3.62. The van der Waals surface area contributed by atoms with E-state index in [9.17, 15) is 18.5 Å². The molecule has 1 N–H and O–H groups in total. The lowest BCUT2D eigenvalue weighted by Crippen LogP contribution is -2.15. The molecular weight excluding hydrogens is 362 g/mol. The van der Waals surface area contributed by atoms with E-state index in [-0.39, 0.29) is 11.4 Å². The van der Waals surface area contributed by atoms with Gasteiger partial charge in [-0.3, -0.25) is 19.8 Å². The Kier molecular flexibility index (Phi) is 4.53. The van der Waals surface area contributed by atoms with Crippen LogP contribution in [0.3, 0.4) is 0 Å². The molecule has 0 amide bonds. The predicted molar refractivity (Wildman–Crippen MR) is 81.3 cm³/mol. The first-order chi connectivity index (χ1) is 9.87. The molecule has 0 spiro atoms. The van der Waals surface area contributed by atoms with Crippen molar-refractivity contribution in [1.82, 2.24) is 4.98 Å². The van der Waals surface area contributed by atoms with Gasteiger partial charge < -0.3 is 0 Å². The summed E-state index contributed by atoms with van der Waals surface area (Å²) in [6, 6.07) is 6.90. The Labute approximate surface area is 129 Å². The normalized spacial score (nSPS) is 11.1. The lowest BCUT2D eigenvalue weighted by Gasteiger charge is -2.09. The zero-order valence-electron chi connectivity index (χ0n) is 10.6. The van der Waals surface area contributed by atoms with Gasteiger partial charge in [-0.25, -0.2) is 8.42 Å². The van der Waals surface area contributed by atoms with Crippen molar-refractivity contribution >= 4 is 37.3 Å². The Morgan fingerprint density at radius 2 is 1.90 bits per heavy atom. The van der Waals surface area contributed by atoms with E-state index in [4.69, 9.17) is 0 Å². The van der Waals surface area contributed by atoms with Crippen LogP contribution in [0.4, 0.5) is 11.4 Å². The number of aromatic nitrogens is 1. The number of benzene rings is 1. The highest BCUT2D eigenvalue weighted by Crippen LogP contribution is 2.22. The summed E-state index contributed by atoms with van der Waals surface area (Å²) in [6.45, 7) is 0. The molecule has 0 aliphatic carbocycles. The molecule has 1 heterocycles. The first kappa shape index (κ1) is 15.4. The molecule has 0 radical (unpaired) electrons. The number of nitro benzene ring substituents is 1. The zero-order chi connectivity index (χ0) is 15.5. The summed E-state index contributed by atoms with van der Waals surface area (Å²) in [5.41, 5.74) is 0.756. The van der Waals surface area contributed by atoms with Crippen LogP contribution in [-0.2, 0) is 15.8 Å². The standard InChI is InChI=1S/C12H10BrN3O4S/c13-11-7-14-6-5-12(11)15-21(19,20)8-9-1-3-10(4-2-9)16(17)18/h1-7H,8H2,(H,14,15). The van der Waals surface area contributed by atoms with Gasteiger partial charge in [0.05, 0.1) is 20.8 Å². The van der Waals surface area contributed by atoms with Gasteiger partial charge in [-0.15, -0.1) is 0 Å². The molecule has 9 heteroatoms. The predicted octanol–water partition coefficient (Wildman–Crippen LogP) is 2.69. The minimum Gasteiger partial charge on any atom is -0.282 e. The van der Waals surface area contributed by atoms with Crippen LogP contribution in [-0.4, -0.2) is 18.3 Å². The second kappa shape index (κ2) is 6.19. The summed E-state index contributed by atoms with van der Waals surface area (Å²) in [6.07, 6.45) is 2.94. The highest BCUT2D eigenvalue weighted by atomic mass is 79.9. The minimum absolute atomic E-state index is 0.0824. The highest BCUT2D eigenvalue weighted by Gasteiger charge is 2.14. The summed E-state index contributed by atoms with van der Waals surface area (Å²) in [4.78, 5) is 13.8. The van der Waals surface area contributed by atoms with Crippen LogP contribution >= 0.6 is 15.9 Å². The molecule has 0 fully saturated rings. The fraction of sp³-hybridized carbons (Fsp3) is 0.0833. The van der Waals surface area contributed by atoms with Gasteiger partial charge in [0.2, 0.25) is 10.0 Å². The number of hydrogen-bond donors (Lipinski definition) is 1. The molecule has 21 heavy (non-hydrogen) atoms. The Morgan fingerprint density at radius 1 is 1.24 bits per heavy atom. The van der Waals surface area contributed by atoms with E-state index < -0.39 is 14.9 Å². The maximum absolute atomic E-state index is 12.1. The summed E-state index contributed by atoms with van der Waals surface area (Å²) < 4.78 is 27.1. The number of sulfonamides is 1. The van der Waals surface area contributed by atoms with Gasteiger partial charge in [-0.1, -0.05) is 12.1 Å². The molecule has 0 aliphatic heterocycles. The van der Waals surface area contributed by atoms with E-state index in [0.29, 0.717) is 15.7 Å². The average molecular weight is 372 g/mol. The lowest BCUT2D eigenvalue weighted by atomic mass is 10.2. The number of nitrogens with zero attached hydrogens (tertiary/aromatic N) is 2. The summed E-state index contributed by atoms with van der Waals surface area (Å²) >= 11 is 3.20. The first-order valence-corrected chi connectivity index (χ1v) is 8.15. The van der Waals surface area contributed by atoms with Crippen molar-refractivity contribution in [3.63, 3.8) is 0 Å². The smallest absolute Gasteiger partial charge is 0.269 e. The van der Waals surface area contributed by atoms with Gasteiger partial charge in [0, 0.05) is 24.5 Å². The molecule has 0 aliphatic rings. The molecule has 2 aromatic rings. The monoisotopic (exact) mass is 371 g/mol. The van der Waals surface area contributed by atoms with E-state index in [0.717, 1.165) is 0 Å². The van der Waals surface area contributed by atoms with E-state index in [1.54, 1.807) is 0 Å². The third kappa shape index (κ3) is 4.23. The van der Waals surface area contributed by atoms with Crippen LogP contribution in [0.25, 0.3) is 0 Å². The summed E-state index contributed by atoms with van der Waals surface area (Å²) in [7, 11) is -3.62. The number of nitrogens with one attached hydrogen (secondary N) is 1. The molecule has 0 bridgehead atoms. The van der Waals surface area contributed by atoms with Crippen molar-refractivity contribution in [2.24, 2.45) is 0 Å². The molecule has 0 saturated heterocycles. The Bertz CT molecular complexity index is 762. The van der Waals surface area contributed by atoms with Crippen LogP contribution in [0.2, 0.25) is 0 Å². The van der Waals surface area contributed by atoms with Crippen molar-refractivity contribution in [3.05, 3.63) is 62.9 Å². The number of rotatable bonds is 5. The Balaban J connectivity index is 2.14. The fourth-order valence-corrected chi connectivity index (χ4v) is 3.29. The van der Waals surface area contributed by atoms with Crippen LogP contribution in [0.1, 0.15) is 5.56 Å². The summed E-state index contributed by atoms with van der Waals surface area (Å²) in [5, 5.41) is 10.5. The molecule has 0 atom stereocenters. The Hall–Kier alpha value is -2.00. The second-order valence-electron chi connectivity index (χ2n) is 4.14. The van der Waals surface area contributed by atoms with Gasteiger partial charge in [0.1, 0.15) is 0 Å². The van der Waals surface area contributed by atoms with E-state index in [2.05, 4.69) is 25.6 Å². The van der Waals surface area contributed by atoms with Gasteiger partial charge in [0.25, 0.3) is 5.69 Å². The highest BCUT2D eigenvalue weighted by molar-refractivity contribution is 9.10. The topological polar surface area (TPSA) is 102 Å². The third-order valence-electron chi connectivity index (χ3n) is 2.54. The van der Waals surface area contributed by atoms with Crippen molar-refractivity contribution in [2.75, 3.05) is 4.72 Å². The largest absolute Gasteiger partial charge is 0.282 e. The third-order valence-corrected chi connectivity index (χ3v) is 4.42. The SMILES string of the molecule is O=[N+]([O-])c1ccc(CS(=O)(=O)Nc2ccncc2Br)cc1. The lowest BCUT2D eigenvalue weighted by molar-refractivity contribution is -0.384. The average Bonchev–Trinajstić information content (AvgIpc) is 2.41. The van der Waals surface area contributed by atoms with Crippen LogP contribution in [0, 0.1) is 10.1 Å². The number of hydrogen-bond acceptors (Lipinski definition) is 5. The van der Waals surface area contributed by atoms with Crippen LogP contribution in [0.5, 0.6) is 0 Å². The summed E-state index contributed by atoms with van der Waals surface area (Å²) in [5.74, 6) is -0.278. The van der Waals surface area contributed by atoms with Gasteiger partial charge >= 0.3 is 0 Å². The Morgan fingerprint density at radius 3 is 2.48 bits per heavy atom. The van der Waals surface area contributed by atoms with Crippen molar-refractivity contribution in [2.45, 2.75) is 5.75 Å². The number of nitro groups is 1. The maximum Gasteiger partial charge on any atom is 0.269 e. The second-order valence-corrected chi connectivity index (χ2v) is 6.72. The van der Waals surface area contributed by atoms with Gasteiger partial charge in [-0.2, -0.15) is 0 Å². The fourth-order valence-electron chi connectivity index (χ4n) is 1.59. The zero-order valence-corrected chi connectivity index (χ0v) is 13.0. The molecular formula is C12H10BrN3O4S. The van der Waals surface area contributed by atoms with Crippen LogP contribution in [0.15, 0.2) is 47.2 Å². The molecule has 0 unspecified atom stereocenters. The molecule has 1 aromatic carbocycles. The van der Waals surface area contributed by atoms with Crippen molar-refractivity contribution in [1.29, 1.82) is 0 Å². The number of anilines is 1. The quantitative estimate of drug-likeness (QED) is 0.642. The number of non-ortho nitro benzene ring substituents is 1.